The van der Waals surface area contributed by atoms with Crippen molar-refractivity contribution >= 4 is 38.6 Å². The summed E-state index contributed by atoms with van der Waals surface area (Å²) in [5.41, 5.74) is -1.50. The van der Waals surface area contributed by atoms with Crippen LogP contribution in [-0.2, 0) is 19.4 Å². The molecular weight excluding hydrogens is 398 g/mol. The summed E-state index contributed by atoms with van der Waals surface area (Å²) >= 11 is 6.22. The lowest BCUT2D eigenvalue weighted by atomic mass is 9.92. The van der Waals surface area contributed by atoms with E-state index in [2.05, 4.69) is 0 Å². The largest absolute Gasteiger partial charge is 0.478 e. The number of sulfone groups is 1. The van der Waals surface area contributed by atoms with Crippen molar-refractivity contribution in [1.29, 1.82) is 0 Å². The number of ketones is 1. The van der Waals surface area contributed by atoms with Gasteiger partial charge in [-0.25, -0.2) is 17.2 Å². The third-order valence-corrected chi connectivity index (χ3v) is 5.59. The zero-order valence-electron chi connectivity index (χ0n) is 14.6. The van der Waals surface area contributed by atoms with Gasteiger partial charge in [-0.05, 0) is 50.2 Å². The minimum atomic E-state index is -3.50. The lowest BCUT2D eigenvalue weighted by Gasteiger charge is -2.18. The average molecular weight is 413 g/mol. The molecule has 0 unspecified atom stereocenters. The van der Waals surface area contributed by atoms with E-state index >= 15 is 0 Å². The van der Waals surface area contributed by atoms with Crippen LogP contribution in [0.15, 0.2) is 41.3 Å². The van der Waals surface area contributed by atoms with Crippen LogP contribution in [0.5, 0.6) is 0 Å². The molecule has 3 rings (SSSR count). The molecule has 1 aliphatic rings. The summed E-state index contributed by atoms with van der Waals surface area (Å²) in [5, 5.41) is 0.00716. The number of carbonyl (C=O) groups excluding carboxylic acids is 1. The first-order valence-corrected chi connectivity index (χ1v) is 10.1. The Morgan fingerprint density at radius 1 is 1.04 bits per heavy atom. The predicted molar refractivity (Wildman–Crippen MR) is 97.9 cm³/mol. The fourth-order valence-electron chi connectivity index (χ4n) is 2.79. The van der Waals surface area contributed by atoms with Gasteiger partial charge in [-0.1, -0.05) is 11.6 Å². The SMILES string of the molecule is CC1(C)OC(c2ccc(S(C)(=O)=O)cc2Cl)=C(c2cc(F)ccc2F)C1=O. The van der Waals surface area contributed by atoms with E-state index in [0.29, 0.717) is 0 Å². The first-order valence-electron chi connectivity index (χ1n) is 7.85. The Morgan fingerprint density at radius 3 is 2.30 bits per heavy atom. The number of halogens is 3. The molecule has 0 aromatic heterocycles. The molecule has 0 saturated carbocycles. The second-order valence-corrected chi connectivity index (χ2v) is 9.11. The molecule has 4 nitrogen and oxygen atoms in total. The van der Waals surface area contributed by atoms with Crippen LogP contribution in [0.4, 0.5) is 8.78 Å². The third-order valence-electron chi connectivity index (χ3n) is 4.17. The number of rotatable bonds is 3. The normalized spacial score (nSPS) is 16.6. The molecule has 0 aliphatic carbocycles. The summed E-state index contributed by atoms with van der Waals surface area (Å²) in [7, 11) is -3.50. The number of hydrogen-bond donors (Lipinski definition) is 0. The van der Waals surface area contributed by atoms with E-state index in [1.165, 1.54) is 32.0 Å². The van der Waals surface area contributed by atoms with Crippen molar-refractivity contribution in [2.24, 2.45) is 0 Å². The highest BCUT2D eigenvalue weighted by molar-refractivity contribution is 7.90. The van der Waals surface area contributed by atoms with Gasteiger partial charge in [0.05, 0.1) is 15.5 Å². The minimum Gasteiger partial charge on any atom is -0.478 e. The van der Waals surface area contributed by atoms with E-state index in [1.807, 2.05) is 0 Å². The van der Waals surface area contributed by atoms with Crippen LogP contribution >= 0.6 is 11.6 Å². The van der Waals surface area contributed by atoms with Gasteiger partial charge < -0.3 is 4.74 Å². The molecule has 8 heteroatoms. The van der Waals surface area contributed by atoms with Gasteiger partial charge in [-0.15, -0.1) is 0 Å². The maximum absolute atomic E-state index is 14.3. The van der Waals surface area contributed by atoms with Crippen LogP contribution in [0, 0.1) is 11.6 Å². The Balaban J connectivity index is 2.28. The van der Waals surface area contributed by atoms with E-state index in [-0.39, 0.29) is 32.4 Å². The van der Waals surface area contributed by atoms with Crippen molar-refractivity contribution in [3.05, 3.63) is 64.2 Å². The second kappa shape index (κ2) is 6.42. The van der Waals surface area contributed by atoms with Crippen molar-refractivity contribution in [3.8, 4) is 0 Å². The van der Waals surface area contributed by atoms with E-state index in [9.17, 15) is 22.0 Å². The fraction of sp³-hybridized carbons (Fsp3) is 0.211. The number of ether oxygens (including phenoxy) is 1. The van der Waals surface area contributed by atoms with Crippen molar-refractivity contribution in [1.82, 2.24) is 0 Å². The zero-order valence-corrected chi connectivity index (χ0v) is 16.2. The molecule has 27 heavy (non-hydrogen) atoms. The molecular formula is C19H15ClF2O4S. The van der Waals surface area contributed by atoms with Crippen LogP contribution in [0.25, 0.3) is 11.3 Å². The molecule has 2 aromatic rings. The monoisotopic (exact) mass is 412 g/mol. The first kappa shape index (κ1) is 19.5. The Labute approximate surface area is 160 Å². The highest BCUT2D eigenvalue weighted by Gasteiger charge is 2.44. The number of hydrogen-bond acceptors (Lipinski definition) is 4. The summed E-state index contributed by atoms with van der Waals surface area (Å²) in [5.74, 6) is -2.07. The van der Waals surface area contributed by atoms with E-state index < -0.39 is 32.9 Å². The molecule has 0 atom stereocenters. The molecule has 0 bridgehead atoms. The Kier molecular flexibility index (Phi) is 4.64. The Morgan fingerprint density at radius 2 is 1.70 bits per heavy atom. The third kappa shape index (κ3) is 3.49. The second-order valence-electron chi connectivity index (χ2n) is 6.68. The fourth-order valence-corrected chi connectivity index (χ4v) is 3.77. The molecule has 142 valence electrons. The van der Waals surface area contributed by atoms with Crippen molar-refractivity contribution < 1.29 is 26.7 Å². The van der Waals surface area contributed by atoms with Gasteiger partial charge in [-0.2, -0.15) is 0 Å². The van der Waals surface area contributed by atoms with Gasteiger partial charge in [0.15, 0.2) is 15.4 Å². The molecule has 0 fully saturated rings. The number of benzene rings is 2. The quantitative estimate of drug-likeness (QED) is 0.755. The topological polar surface area (TPSA) is 60.4 Å². The van der Waals surface area contributed by atoms with Crippen LogP contribution in [0.1, 0.15) is 25.0 Å². The van der Waals surface area contributed by atoms with Crippen molar-refractivity contribution in [2.75, 3.05) is 6.26 Å². The van der Waals surface area contributed by atoms with Crippen LogP contribution in [-0.4, -0.2) is 26.1 Å². The van der Waals surface area contributed by atoms with Gasteiger partial charge >= 0.3 is 0 Å². The summed E-state index contributed by atoms with van der Waals surface area (Å²) < 4.78 is 57.1. The standard InChI is InChI=1S/C19H15ClF2O4S/c1-19(2)18(23)16(13-8-10(21)4-7-15(13)22)17(26-19)12-6-5-11(9-14(12)20)27(3,24)25/h4-9H,1-3H3. The lowest BCUT2D eigenvalue weighted by molar-refractivity contribution is -0.125. The summed E-state index contributed by atoms with van der Waals surface area (Å²) in [6, 6.07) is 6.67. The number of carbonyl (C=O) groups is 1. The molecule has 0 amide bonds. The van der Waals surface area contributed by atoms with Gasteiger partial charge in [0, 0.05) is 17.4 Å². The van der Waals surface area contributed by atoms with Crippen LogP contribution < -0.4 is 0 Å². The summed E-state index contributed by atoms with van der Waals surface area (Å²) in [6.45, 7) is 3.00. The number of Topliss-reactive ketones (excluding diaryl/α,β-unsaturated/α-hetero) is 1. The molecule has 1 heterocycles. The smallest absolute Gasteiger partial charge is 0.210 e. The zero-order chi connectivity index (χ0) is 20.1. The van der Waals surface area contributed by atoms with E-state index in [4.69, 9.17) is 16.3 Å². The van der Waals surface area contributed by atoms with Gasteiger partial charge in [0.2, 0.25) is 5.78 Å². The lowest BCUT2D eigenvalue weighted by Crippen LogP contribution is -2.29. The van der Waals surface area contributed by atoms with E-state index in [1.54, 1.807) is 0 Å². The van der Waals surface area contributed by atoms with Crippen molar-refractivity contribution in [3.63, 3.8) is 0 Å². The summed E-state index contributed by atoms with van der Waals surface area (Å²) in [4.78, 5) is 12.8. The van der Waals surface area contributed by atoms with Crippen LogP contribution in [0.3, 0.4) is 0 Å². The average Bonchev–Trinajstić information content (AvgIpc) is 2.79. The first-order chi connectivity index (χ1) is 12.4. The Bertz CT molecular complexity index is 1100. The molecule has 0 radical (unpaired) electrons. The van der Waals surface area contributed by atoms with Gasteiger partial charge in [0.1, 0.15) is 17.4 Å². The highest BCUT2D eigenvalue weighted by Crippen LogP contribution is 2.44. The van der Waals surface area contributed by atoms with E-state index in [0.717, 1.165) is 24.5 Å². The van der Waals surface area contributed by atoms with Gasteiger partial charge in [0.25, 0.3) is 0 Å². The molecule has 0 N–H and O–H groups in total. The predicted octanol–water partition coefficient (Wildman–Crippen LogP) is 4.27. The maximum atomic E-state index is 14.3. The van der Waals surface area contributed by atoms with Crippen LogP contribution in [0.2, 0.25) is 5.02 Å². The van der Waals surface area contributed by atoms with Crippen molar-refractivity contribution in [2.45, 2.75) is 24.3 Å². The molecule has 1 aliphatic heterocycles. The molecule has 0 spiro atoms. The maximum Gasteiger partial charge on any atom is 0.210 e. The molecule has 0 saturated heterocycles. The van der Waals surface area contributed by atoms with Gasteiger partial charge in [-0.3, -0.25) is 4.79 Å². The summed E-state index contributed by atoms with van der Waals surface area (Å²) in [6.07, 6.45) is 1.03. The highest BCUT2D eigenvalue weighted by atomic mass is 35.5. The minimum absolute atomic E-state index is 0.00716. The Hall–Kier alpha value is -2.25. The molecule has 2 aromatic carbocycles.